The van der Waals surface area contributed by atoms with Crippen LogP contribution in [0.1, 0.15) is 18.5 Å². The molecule has 1 rings (SSSR count). The van der Waals surface area contributed by atoms with Gasteiger partial charge in [0.1, 0.15) is 0 Å². The molecule has 0 aliphatic heterocycles. The Morgan fingerprint density at radius 1 is 1.54 bits per heavy atom. The number of hydrogen-bond donors (Lipinski definition) is 3. The maximum Gasteiger partial charge on any atom is 0.165 e. The molecule has 3 nitrogen and oxygen atoms in total. The lowest BCUT2D eigenvalue weighted by atomic mass is 10.1. The molecule has 0 spiro atoms. The second kappa shape index (κ2) is 3.40. The highest BCUT2D eigenvalue weighted by Gasteiger charge is 2.19. The fraction of sp³-hybridized carbons (Fsp3) is 0.250. The molecule has 4 N–H and O–H groups in total. The van der Waals surface area contributed by atoms with Crippen molar-refractivity contribution in [3.05, 3.63) is 22.5 Å². The van der Waals surface area contributed by atoms with Gasteiger partial charge in [0.2, 0.25) is 0 Å². The fourth-order valence-corrected chi connectivity index (χ4v) is 1.24. The van der Waals surface area contributed by atoms with Crippen LogP contribution in [-0.2, 0) is 0 Å². The van der Waals surface area contributed by atoms with Gasteiger partial charge in [-0.05, 0) is 6.92 Å². The maximum atomic E-state index is 13.2. The van der Waals surface area contributed by atoms with Crippen LogP contribution in [0.5, 0.6) is 11.5 Å². The van der Waals surface area contributed by atoms with Gasteiger partial charge in [0, 0.05) is 12.1 Å². The maximum absolute atomic E-state index is 13.2. The van der Waals surface area contributed by atoms with Crippen LogP contribution in [0, 0.1) is 5.82 Å². The first-order valence-corrected chi connectivity index (χ1v) is 3.98. The number of halogens is 2. The molecule has 1 aromatic carbocycles. The van der Waals surface area contributed by atoms with E-state index in [0.29, 0.717) is 0 Å². The van der Waals surface area contributed by atoms with Crippen molar-refractivity contribution < 1.29 is 14.6 Å². The van der Waals surface area contributed by atoms with E-state index < -0.39 is 23.4 Å². The average Bonchev–Trinajstić information content (AvgIpc) is 2.01. The average molecular weight is 206 g/mol. The van der Waals surface area contributed by atoms with Crippen LogP contribution >= 0.6 is 11.6 Å². The second-order valence-electron chi connectivity index (χ2n) is 2.74. The standard InChI is InChI=1S/C8H9ClFNO2/c1-3(11)6-7(10)4(9)2-5(12)8(6)13/h2-3,12-13H,11H2,1H3. The highest BCUT2D eigenvalue weighted by atomic mass is 35.5. The zero-order valence-electron chi connectivity index (χ0n) is 6.88. The molecular formula is C8H9ClFNO2. The molecule has 0 radical (unpaired) electrons. The Hall–Kier alpha value is -1.00. The van der Waals surface area contributed by atoms with Gasteiger partial charge in [-0.2, -0.15) is 0 Å². The molecule has 0 aliphatic carbocycles. The van der Waals surface area contributed by atoms with Crippen LogP contribution in [0.25, 0.3) is 0 Å². The summed E-state index contributed by atoms with van der Waals surface area (Å²) in [6.45, 7) is 1.48. The molecule has 5 heteroatoms. The van der Waals surface area contributed by atoms with Gasteiger partial charge in [-0.3, -0.25) is 0 Å². The SMILES string of the molecule is CC(N)c1c(O)c(O)cc(Cl)c1F. The number of rotatable bonds is 1. The first-order chi connectivity index (χ1) is 5.95. The molecule has 1 atom stereocenters. The summed E-state index contributed by atoms with van der Waals surface area (Å²) >= 11 is 5.43. The Kier molecular flexibility index (Phi) is 2.63. The van der Waals surface area contributed by atoms with Crippen LogP contribution in [0.2, 0.25) is 5.02 Å². The Morgan fingerprint density at radius 2 is 2.08 bits per heavy atom. The van der Waals surface area contributed by atoms with Gasteiger partial charge in [0.15, 0.2) is 17.3 Å². The van der Waals surface area contributed by atoms with Crippen LogP contribution in [0.4, 0.5) is 4.39 Å². The third-order valence-corrected chi connectivity index (χ3v) is 1.94. The molecule has 0 aliphatic rings. The van der Waals surface area contributed by atoms with Gasteiger partial charge in [-0.15, -0.1) is 0 Å². The van der Waals surface area contributed by atoms with E-state index in [1.54, 1.807) is 0 Å². The van der Waals surface area contributed by atoms with E-state index in [2.05, 4.69) is 0 Å². The summed E-state index contributed by atoms with van der Waals surface area (Å²) in [4.78, 5) is 0. The molecule has 0 fully saturated rings. The zero-order valence-corrected chi connectivity index (χ0v) is 7.64. The summed E-state index contributed by atoms with van der Waals surface area (Å²) in [6.07, 6.45) is 0. The second-order valence-corrected chi connectivity index (χ2v) is 3.15. The lowest BCUT2D eigenvalue weighted by molar-refractivity contribution is 0.390. The van der Waals surface area contributed by atoms with Crippen molar-refractivity contribution >= 4 is 11.6 Å². The van der Waals surface area contributed by atoms with E-state index in [1.807, 2.05) is 0 Å². The summed E-state index contributed by atoms with van der Waals surface area (Å²) < 4.78 is 13.2. The van der Waals surface area contributed by atoms with Gasteiger partial charge in [-0.25, -0.2) is 4.39 Å². The Bertz CT molecular complexity index is 315. The minimum absolute atomic E-state index is 0.176. The Labute approximate surface area is 79.6 Å². The predicted molar refractivity (Wildman–Crippen MR) is 47.3 cm³/mol. The molecular weight excluding hydrogens is 197 g/mol. The first-order valence-electron chi connectivity index (χ1n) is 3.60. The van der Waals surface area contributed by atoms with E-state index in [9.17, 15) is 9.50 Å². The van der Waals surface area contributed by atoms with E-state index in [4.69, 9.17) is 22.4 Å². The molecule has 0 amide bonds. The minimum atomic E-state index is -0.799. The molecule has 1 unspecified atom stereocenters. The van der Waals surface area contributed by atoms with Crippen molar-refractivity contribution in [2.24, 2.45) is 5.73 Å². The van der Waals surface area contributed by atoms with Crippen LogP contribution in [-0.4, -0.2) is 10.2 Å². The zero-order chi connectivity index (χ0) is 10.2. The molecule has 13 heavy (non-hydrogen) atoms. The lowest BCUT2D eigenvalue weighted by Crippen LogP contribution is -2.08. The smallest absolute Gasteiger partial charge is 0.165 e. The highest BCUT2D eigenvalue weighted by Crippen LogP contribution is 2.37. The van der Waals surface area contributed by atoms with E-state index in [1.165, 1.54) is 6.92 Å². The molecule has 0 aromatic heterocycles. The normalized spacial score (nSPS) is 12.9. The van der Waals surface area contributed by atoms with Crippen molar-refractivity contribution in [3.8, 4) is 11.5 Å². The van der Waals surface area contributed by atoms with Crippen LogP contribution < -0.4 is 5.73 Å². The van der Waals surface area contributed by atoms with Gasteiger partial charge >= 0.3 is 0 Å². The highest BCUT2D eigenvalue weighted by molar-refractivity contribution is 6.31. The van der Waals surface area contributed by atoms with Crippen LogP contribution in [0.15, 0.2) is 6.07 Å². The molecule has 0 saturated heterocycles. The number of hydrogen-bond acceptors (Lipinski definition) is 3. The summed E-state index contributed by atoms with van der Waals surface area (Å²) in [5.41, 5.74) is 5.21. The van der Waals surface area contributed by atoms with Crippen molar-refractivity contribution in [1.29, 1.82) is 0 Å². The Morgan fingerprint density at radius 3 is 2.54 bits per heavy atom. The topological polar surface area (TPSA) is 66.5 Å². The van der Waals surface area contributed by atoms with E-state index in [-0.39, 0.29) is 10.6 Å². The van der Waals surface area contributed by atoms with Gasteiger partial charge in [0.05, 0.1) is 10.6 Å². The number of benzene rings is 1. The summed E-state index contributed by atoms with van der Waals surface area (Å²) in [6, 6.07) is 0.197. The van der Waals surface area contributed by atoms with Crippen molar-refractivity contribution in [2.75, 3.05) is 0 Å². The van der Waals surface area contributed by atoms with Gasteiger partial charge < -0.3 is 15.9 Å². The number of aromatic hydroxyl groups is 2. The predicted octanol–water partition coefficient (Wildman–Crippen LogP) is 1.91. The monoisotopic (exact) mass is 205 g/mol. The summed E-state index contributed by atoms with van der Waals surface area (Å²) in [5, 5.41) is 18.1. The van der Waals surface area contributed by atoms with Crippen molar-refractivity contribution in [3.63, 3.8) is 0 Å². The minimum Gasteiger partial charge on any atom is -0.504 e. The van der Waals surface area contributed by atoms with Gasteiger partial charge in [0.25, 0.3) is 0 Å². The van der Waals surface area contributed by atoms with Crippen molar-refractivity contribution in [1.82, 2.24) is 0 Å². The lowest BCUT2D eigenvalue weighted by Gasteiger charge is -2.11. The quantitative estimate of drug-likeness (QED) is 0.614. The van der Waals surface area contributed by atoms with E-state index in [0.717, 1.165) is 6.07 Å². The molecule has 1 aromatic rings. The summed E-state index contributed by atoms with van der Waals surface area (Å²) in [7, 11) is 0. The van der Waals surface area contributed by atoms with Crippen LogP contribution in [0.3, 0.4) is 0 Å². The summed E-state index contributed by atoms with van der Waals surface area (Å²) in [5.74, 6) is -1.83. The first kappa shape index (κ1) is 10.1. The third-order valence-electron chi connectivity index (χ3n) is 1.66. The number of phenols is 2. The molecule has 0 bridgehead atoms. The van der Waals surface area contributed by atoms with Gasteiger partial charge in [-0.1, -0.05) is 11.6 Å². The van der Waals surface area contributed by atoms with E-state index >= 15 is 0 Å². The number of nitrogens with two attached hydrogens (primary N) is 1. The largest absolute Gasteiger partial charge is 0.504 e. The molecule has 0 heterocycles. The van der Waals surface area contributed by atoms with Crippen molar-refractivity contribution in [2.45, 2.75) is 13.0 Å². The molecule has 0 saturated carbocycles. The fourth-order valence-electron chi connectivity index (χ4n) is 1.04. The third kappa shape index (κ3) is 1.68. The molecule has 72 valence electrons. The number of phenolic OH excluding ortho intramolecular Hbond substituents is 2. The Balaban J connectivity index is 3.46.